The van der Waals surface area contributed by atoms with Gasteiger partial charge in [0, 0.05) is 36.7 Å². The Morgan fingerprint density at radius 3 is 2.58 bits per heavy atom. The molecule has 0 aromatic carbocycles. The molecule has 1 aliphatic rings. The van der Waals surface area contributed by atoms with Crippen LogP contribution >= 0.6 is 11.8 Å². The van der Waals surface area contributed by atoms with E-state index in [1.54, 1.807) is 0 Å². The molecule has 2 atom stereocenters. The van der Waals surface area contributed by atoms with Gasteiger partial charge < -0.3 is 5.32 Å². The number of nitrogens with one attached hydrogen (secondary N) is 1. The Kier molecular flexibility index (Phi) is 5.45. The first-order valence-electron chi connectivity index (χ1n) is 7.10. The van der Waals surface area contributed by atoms with Crippen molar-refractivity contribution < 1.29 is 0 Å². The molecule has 1 fully saturated rings. The second kappa shape index (κ2) is 7.10. The monoisotopic (exact) mass is 280 g/mol. The van der Waals surface area contributed by atoms with Crippen LogP contribution in [0.2, 0.25) is 0 Å². The van der Waals surface area contributed by atoms with Crippen molar-refractivity contribution >= 4 is 17.6 Å². The lowest BCUT2D eigenvalue weighted by molar-refractivity contribution is 0.259. The molecule has 0 spiro atoms. The van der Waals surface area contributed by atoms with Crippen molar-refractivity contribution in [2.45, 2.75) is 44.2 Å². The van der Waals surface area contributed by atoms with Crippen molar-refractivity contribution in [2.75, 3.05) is 25.0 Å². The first kappa shape index (κ1) is 14.6. The smallest absolute Gasteiger partial charge is 0.144 e. The lowest BCUT2D eigenvalue weighted by atomic mass is 10.3. The van der Waals surface area contributed by atoms with Crippen LogP contribution in [0.25, 0.3) is 0 Å². The SMILES string of the molecule is CCCNc1cnc(CN2CC(C)SC(C)C2)cn1. The minimum absolute atomic E-state index is 0.710. The maximum Gasteiger partial charge on any atom is 0.144 e. The zero-order valence-electron chi connectivity index (χ0n) is 12.1. The Bertz CT molecular complexity index is 372. The van der Waals surface area contributed by atoms with Crippen LogP contribution in [0, 0.1) is 0 Å². The summed E-state index contributed by atoms with van der Waals surface area (Å²) in [4.78, 5) is 11.4. The third-order valence-corrected chi connectivity index (χ3v) is 4.37. The molecule has 19 heavy (non-hydrogen) atoms. The Labute approximate surface area is 120 Å². The van der Waals surface area contributed by atoms with Crippen molar-refractivity contribution in [2.24, 2.45) is 0 Å². The molecule has 1 aromatic heterocycles. The Morgan fingerprint density at radius 1 is 1.26 bits per heavy atom. The average Bonchev–Trinajstić information content (AvgIpc) is 2.37. The van der Waals surface area contributed by atoms with Gasteiger partial charge in [-0.3, -0.25) is 9.88 Å². The lowest BCUT2D eigenvalue weighted by Crippen LogP contribution is -2.39. The minimum Gasteiger partial charge on any atom is -0.369 e. The fourth-order valence-electron chi connectivity index (χ4n) is 2.42. The molecular weight excluding hydrogens is 256 g/mol. The fraction of sp³-hybridized carbons (Fsp3) is 0.714. The highest BCUT2D eigenvalue weighted by atomic mass is 32.2. The van der Waals surface area contributed by atoms with Gasteiger partial charge in [-0.15, -0.1) is 0 Å². The fourth-order valence-corrected chi connectivity index (χ4v) is 3.81. The molecule has 5 heteroatoms. The second-order valence-corrected chi connectivity index (χ2v) is 7.15. The lowest BCUT2D eigenvalue weighted by Gasteiger charge is -2.34. The van der Waals surface area contributed by atoms with Crippen molar-refractivity contribution in [3.63, 3.8) is 0 Å². The van der Waals surface area contributed by atoms with Gasteiger partial charge in [-0.1, -0.05) is 20.8 Å². The molecule has 2 unspecified atom stereocenters. The topological polar surface area (TPSA) is 41.1 Å². The van der Waals surface area contributed by atoms with Crippen molar-refractivity contribution in [1.82, 2.24) is 14.9 Å². The van der Waals surface area contributed by atoms with E-state index in [0.29, 0.717) is 10.5 Å². The van der Waals surface area contributed by atoms with Gasteiger partial charge in [-0.2, -0.15) is 11.8 Å². The van der Waals surface area contributed by atoms with E-state index in [4.69, 9.17) is 0 Å². The highest BCUT2D eigenvalue weighted by molar-refractivity contribution is 8.00. The first-order chi connectivity index (χ1) is 9.17. The summed E-state index contributed by atoms with van der Waals surface area (Å²) in [6.45, 7) is 10.9. The second-order valence-electron chi connectivity index (χ2n) is 5.27. The molecule has 0 saturated carbocycles. The molecule has 2 rings (SSSR count). The largest absolute Gasteiger partial charge is 0.369 e. The number of anilines is 1. The molecule has 106 valence electrons. The van der Waals surface area contributed by atoms with Crippen LogP contribution in [-0.2, 0) is 6.54 Å². The van der Waals surface area contributed by atoms with E-state index in [1.807, 2.05) is 12.4 Å². The van der Waals surface area contributed by atoms with Gasteiger partial charge in [-0.05, 0) is 6.42 Å². The van der Waals surface area contributed by atoms with Gasteiger partial charge in [-0.25, -0.2) is 4.98 Å². The molecule has 0 bridgehead atoms. The molecule has 0 aliphatic carbocycles. The Hall–Kier alpha value is -0.810. The quantitative estimate of drug-likeness (QED) is 0.898. The summed E-state index contributed by atoms with van der Waals surface area (Å²) in [5.74, 6) is 0.876. The van der Waals surface area contributed by atoms with Crippen LogP contribution in [0.3, 0.4) is 0 Å². The van der Waals surface area contributed by atoms with Gasteiger partial charge in [0.05, 0.1) is 18.1 Å². The summed E-state index contributed by atoms with van der Waals surface area (Å²) in [5.41, 5.74) is 1.06. The molecule has 1 aliphatic heterocycles. The molecule has 2 heterocycles. The molecule has 1 saturated heterocycles. The zero-order valence-corrected chi connectivity index (χ0v) is 12.9. The predicted molar refractivity (Wildman–Crippen MR) is 82.6 cm³/mol. The summed E-state index contributed by atoms with van der Waals surface area (Å²) in [5, 5.41) is 4.67. The maximum absolute atomic E-state index is 4.50. The van der Waals surface area contributed by atoms with Crippen LogP contribution < -0.4 is 5.32 Å². The first-order valence-corrected chi connectivity index (χ1v) is 8.04. The van der Waals surface area contributed by atoms with Crippen molar-refractivity contribution in [3.8, 4) is 0 Å². The highest BCUT2D eigenvalue weighted by Gasteiger charge is 2.22. The predicted octanol–water partition coefficient (Wildman–Crippen LogP) is 2.62. The van der Waals surface area contributed by atoms with Crippen LogP contribution in [0.15, 0.2) is 12.4 Å². The number of hydrogen-bond donors (Lipinski definition) is 1. The van der Waals surface area contributed by atoms with Crippen LogP contribution in [0.5, 0.6) is 0 Å². The third kappa shape index (κ3) is 4.66. The standard InChI is InChI=1S/C14H24N4S/c1-4-5-15-14-7-16-13(6-17-14)10-18-8-11(2)19-12(3)9-18/h6-7,11-12H,4-5,8-10H2,1-3H3,(H,15,17). The third-order valence-electron chi connectivity index (χ3n) is 3.14. The van der Waals surface area contributed by atoms with Gasteiger partial charge in [0.25, 0.3) is 0 Å². The highest BCUT2D eigenvalue weighted by Crippen LogP contribution is 2.25. The van der Waals surface area contributed by atoms with Gasteiger partial charge >= 0.3 is 0 Å². The van der Waals surface area contributed by atoms with E-state index in [1.165, 1.54) is 0 Å². The van der Waals surface area contributed by atoms with Crippen LogP contribution in [-0.4, -0.2) is 45.0 Å². The van der Waals surface area contributed by atoms with Gasteiger partial charge in [0.15, 0.2) is 0 Å². The van der Waals surface area contributed by atoms with Crippen molar-refractivity contribution in [3.05, 3.63) is 18.1 Å². The van der Waals surface area contributed by atoms with E-state index in [-0.39, 0.29) is 0 Å². The summed E-state index contributed by atoms with van der Waals surface area (Å²) in [6, 6.07) is 0. The van der Waals surface area contributed by atoms with E-state index in [9.17, 15) is 0 Å². The molecule has 0 radical (unpaired) electrons. The number of hydrogen-bond acceptors (Lipinski definition) is 5. The molecule has 1 N–H and O–H groups in total. The number of thioether (sulfide) groups is 1. The van der Waals surface area contributed by atoms with Crippen molar-refractivity contribution in [1.29, 1.82) is 0 Å². The summed E-state index contributed by atoms with van der Waals surface area (Å²) in [7, 11) is 0. The molecule has 4 nitrogen and oxygen atoms in total. The van der Waals surface area contributed by atoms with E-state index in [0.717, 1.165) is 44.1 Å². The normalized spacial score (nSPS) is 24.4. The zero-order chi connectivity index (χ0) is 13.7. The molecular formula is C14H24N4S. The molecule has 1 aromatic rings. The Balaban J connectivity index is 1.88. The van der Waals surface area contributed by atoms with E-state index >= 15 is 0 Å². The maximum atomic E-state index is 4.50. The van der Waals surface area contributed by atoms with E-state index < -0.39 is 0 Å². The molecule has 0 amide bonds. The Morgan fingerprint density at radius 2 is 2.00 bits per heavy atom. The van der Waals surface area contributed by atoms with Crippen LogP contribution in [0.1, 0.15) is 32.9 Å². The number of nitrogens with zero attached hydrogens (tertiary/aromatic N) is 3. The van der Waals surface area contributed by atoms with Crippen LogP contribution in [0.4, 0.5) is 5.82 Å². The average molecular weight is 280 g/mol. The van der Waals surface area contributed by atoms with E-state index in [2.05, 4.69) is 52.7 Å². The van der Waals surface area contributed by atoms with Gasteiger partial charge in [0.1, 0.15) is 5.82 Å². The number of aromatic nitrogens is 2. The van der Waals surface area contributed by atoms with Gasteiger partial charge in [0.2, 0.25) is 0 Å². The summed E-state index contributed by atoms with van der Waals surface area (Å²) < 4.78 is 0. The number of rotatable bonds is 5. The minimum atomic E-state index is 0.710. The summed E-state index contributed by atoms with van der Waals surface area (Å²) >= 11 is 2.08. The summed E-state index contributed by atoms with van der Waals surface area (Å²) in [6.07, 6.45) is 4.84.